The highest BCUT2D eigenvalue weighted by Gasteiger charge is 2.12. The first-order valence-corrected chi connectivity index (χ1v) is 4.98. The fraction of sp³-hybridized carbons (Fsp3) is 0.400. The number of rotatable bonds is 1. The maximum Gasteiger partial charge on any atom is 0.144 e. The molecule has 5 heteroatoms. The highest BCUT2D eigenvalue weighted by atomic mass is 35.5. The highest BCUT2D eigenvalue weighted by Crippen LogP contribution is 2.16. The summed E-state index contributed by atoms with van der Waals surface area (Å²) in [7, 11) is 0. The van der Waals surface area contributed by atoms with Crippen molar-refractivity contribution in [3.05, 3.63) is 29.0 Å². The number of hydrazine groups is 1. The molecule has 0 aliphatic heterocycles. The number of nitrogens with one attached hydrogen (secondary N) is 1. The number of pyridine rings is 1. The molecule has 0 radical (unpaired) electrons. The largest absolute Gasteiger partial charge is 0.308 e. The summed E-state index contributed by atoms with van der Waals surface area (Å²) >= 11 is 5.99. The van der Waals surface area contributed by atoms with E-state index in [0.717, 1.165) is 5.56 Å². The second-order valence-electron chi connectivity index (χ2n) is 4.13. The van der Waals surface area contributed by atoms with E-state index >= 15 is 0 Å². The lowest BCUT2D eigenvalue weighted by molar-refractivity contribution is 0.580. The molecule has 3 N–H and O–H groups in total. The van der Waals surface area contributed by atoms with E-state index in [0.29, 0.717) is 10.9 Å². The molecular formula is C10H15ClN4. The van der Waals surface area contributed by atoms with Crippen LogP contribution in [0.4, 0.5) is 0 Å². The van der Waals surface area contributed by atoms with Gasteiger partial charge in [-0.1, -0.05) is 11.6 Å². The third-order valence-corrected chi connectivity index (χ3v) is 1.91. The van der Waals surface area contributed by atoms with Crippen LogP contribution in [0.1, 0.15) is 26.3 Å². The van der Waals surface area contributed by atoms with Crippen LogP contribution < -0.4 is 11.3 Å². The zero-order valence-electron chi connectivity index (χ0n) is 9.08. The standard InChI is InChI=1S/C10H15ClN4/c1-10(2,3)14-9(15-12)7-4-5-13-6-8(7)11/h4-6H,12H2,1-3H3,(H,14,15). The summed E-state index contributed by atoms with van der Waals surface area (Å²) in [5, 5.41) is 0.526. The lowest BCUT2D eigenvalue weighted by atomic mass is 10.1. The molecule has 0 saturated carbocycles. The van der Waals surface area contributed by atoms with Gasteiger partial charge in [-0.2, -0.15) is 0 Å². The smallest absolute Gasteiger partial charge is 0.144 e. The number of aromatic nitrogens is 1. The first kappa shape index (κ1) is 11.9. The van der Waals surface area contributed by atoms with Crippen LogP contribution in [-0.2, 0) is 0 Å². The number of amidine groups is 1. The highest BCUT2D eigenvalue weighted by molar-refractivity contribution is 6.34. The van der Waals surface area contributed by atoms with E-state index in [1.807, 2.05) is 20.8 Å². The first-order valence-electron chi connectivity index (χ1n) is 4.60. The van der Waals surface area contributed by atoms with Gasteiger partial charge in [0.1, 0.15) is 5.84 Å². The SMILES string of the molecule is CC(C)(C)N=C(NN)c1ccncc1Cl. The van der Waals surface area contributed by atoms with Crippen LogP contribution in [0.25, 0.3) is 0 Å². The predicted octanol–water partition coefficient (Wildman–Crippen LogP) is 1.74. The van der Waals surface area contributed by atoms with Gasteiger partial charge in [-0.05, 0) is 26.8 Å². The summed E-state index contributed by atoms with van der Waals surface area (Å²) in [5.41, 5.74) is 3.09. The fourth-order valence-corrected chi connectivity index (χ4v) is 1.28. The van der Waals surface area contributed by atoms with Gasteiger partial charge >= 0.3 is 0 Å². The van der Waals surface area contributed by atoms with Gasteiger partial charge in [-0.3, -0.25) is 9.98 Å². The molecule has 0 atom stereocenters. The van der Waals surface area contributed by atoms with E-state index in [4.69, 9.17) is 17.4 Å². The Bertz CT molecular complexity index is 368. The summed E-state index contributed by atoms with van der Waals surface area (Å²) in [6, 6.07) is 1.77. The fourth-order valence-electron chi connectivity index (χ4n) is 1.07. The van der Waals surface area contributed by atoms with E-state index in [9.17, 15) is 0 Å². The Labute approximate surface area is 94.5 Å². The van der Waals surface area contributed by atoms with Crippen molar-refractivity contribution in [2.24, 2.45) is 10.8 Å². The van der Waals surface area contributed by atoms with Gasteiger partial charge in [0.15, 0.2) is 0 Å². The van der Waals surface area contributed by atoms with E-state index < -0.39 is 0 Å². The molecule has 0 amide bonds. The molecule has 15 heavy (non-hydrogen) atoms. The minimum atomic E-state index is -0.214. The Morgan fingerprint density at radius 1 is 1.53 bits per heavy atom. The summed E-state index contributed by atoms with van der Waals surface area (Å²) in [6.07, 6.45) is 3.21. The molecule has 0 bridgehead atoms. The normalized spacial score (nSPS) is 12.7. The van der Waals surface area contributed by atoms with Crippen molar-refractivity contribution in [1.82, 2.24) is 10.4 Å². The minimum Gasteiger partial charge on any atom is -0.308 e. The summed E-state index contributed by atoms with van der Waals surface area (Å²) in [5.74, 6) is 5.99. The third kappa shape index (κ3) is 3.49. The minimum absolute atomic E-state index is 0.214. The quantitative estimate of drug-likeness (QED) is 0.332. The molecule has 0 unspecified atom stereocenters. The van der Waals surface area contributed by atoms with Gasteiger partial charge < -0.3 is 5.43 Å². The zero-order chi connectivity index (χ0) is 11.5. The molecule has 1 aromatic heterocycles. The van der Waals surface area contributed by atoms with Crippen molar-refractivity contribution in [1.29, 1.82) is 0 Å². The lowest BCUT2D eigenvalue weighted by Gasteiger charge is -2.16. The van der Waals surface area contributed by atoms with Gasteiger partial charge in [-0.15, -0.1) is 0 Å². The predicted molar refractivity (Wildman–Crippen MR) is 62.9 cm³/mol. The van der Waals surface area contributed by atoms with Crippen LogP contribution in [0.5, 0.6) is 0 Å². The zero-order valence-corrected chi connectivity index (χ0v) is 9.84. The average Bonchev–Trinajstić information content (AvgIpc) is 2.14. The lowest BCUT2D eigenvalue weighted by Crippen LogP contribution is -2.33. The van der Waals surface area contributed by atoms with Gasteiger partial charge in [0.05, 0.1) is 10.6 Å². The van der Waals surface area contributed by atoms with E-state index in [1.54, 1.807) is 18.5 Å². The Hall–Kier alpha value is -1.13. The van der Waals surface area contributed by atoms with Crippen molar-refractivity contribution in [3.8, 4) is 0 Å². The summed E-state index contributed by atoms with van der Waals surface area (Å²) in [4.78, 5) is 8.33. The Kier molecular flexibility index (Phi) is 3.66. The Morgan fingerprint density at radius 3 is 2.67 bits per heavy atom. The number of halogens is 1. The van der Waals surface area contributed by atoms with Crippen LogP contribution in [0.2, 0.25) is 5.02 Å². The Balaban J connectivity index is 3.14. The molecule has 1 heterocycles. The molecule has 0 aromatic carbocycles. The van der Waals surface area contributed by atoms with Crippen molar-refractivity contribution in [3.63, 3.8) is 0 Å². The molecule has 1 rings (SSSR count). The second kappa shape index (κ2) is 4.59. The number of hydrogen-bond donors (Lipinski definition) is 2. The van der Waals surface area contributed by atoms with Crippen molar-refractivity contribution in [2.75, 3.05) is 0 Å². The van der Waals surface area contributed by atoms with Gasteiger partial charge in [0.2, 0.25) is 0 Å². The van der Waals surface area contributed by atoms with Crippen LogP contribution in [0, 0.1) is 0 Å². The Morgan fingerprint density at radius 2 is 2.20 bits per heavy atom. The number of aliphatic imine (C=N–C) groups is 1. The van der Waals surface area contributed by atoms with Crippen LogP contribution in [0.15, 0.2) is 23.5 Å². The molecule has 82 valence electrons. The van der Waals surface area contributed by atoms with Gasteiger partial charge in [-0.25, -0.2) is 5.84 Å². The van der Waals surface area contributed by atoms with Crippen molar-refractivity contribution >= 4 is 17.4 Å². The molecule has 0 spiro atoms. The van der Waals surface area contributed by atoms with E-state index in [-0.39, 0.29) is 5.54 Å². The molecule has 0 saturated heterocycles. The maximum atomic E-state index is 5.99. The maximum absolute atomic E-state index is 5.99. The van der Waals surface area contributed by atoms with Gasteiger partial charge in [0, 0.05) is 18.0 Å². The number of hydrogen-bond acceptors (Lipinski definition) is 3. The molecule has 0 aliphatic rings. The van der Waals surface area contributed by atoms with E-state index in [1.165, 1.54) is 0 Å². The number of nitrogens with two attached hydrogens (primary N) is 1. The van der Waals surface area contributed by atoms with Crippen LogP contribution >= 0.6 is 11.6 Å². The number of nitrogens with zero attached hydrogens (tertiary/aromatic N) is 2. The van der Waals surface area contributed by atoms with E-state index in [2.05, 4.69) is 15.4 Å². The summed E-state index contributed by atoms with van der Waals surface area (Å²) in [6.45, 7) is 5.96. The summed E-state index contributed by atoms with van der Waals surface area (Å²) < 4.78 is 0. The van der Waals surface area contributed by atoms with Crippen LogP contribution in [-0.4, -0.2) is 16.4 Å². The van der Waals surface area contributed by atoms with Crippen molar-refractivity contribution < 1.29 is 0 Å². The average molecular weight is 227 g/mol. The molecule has 1 aromatic rings. The van der Waals surface area contributed by atoms with Crippen molar-refractivity contribution in [2.45, 2.75) is 26.3 Å². The molecular weight excluding hydrogens is 212 g/mol. The second-order valence-corrected chi connectivity index (χ2v) is 4.54. The van der Waals surface area contributed by atoms with Gasteiger partial charge in [0.25, 0.3) is 0 Å². The van der Waals surface area contributed by atoms with Crippen LogP contribution in [0.3, 0.4) is 0 Å². The topological polar surface area (TPSA) is 63.3 Å². The molecule has 0 fully saturated rings. The molecule has 0 aliphatic carbocycles. The third-order valence-electron chi connectivity index (χ3n) is 1.61. The monoisotopic (exact) mass is 226 g/mol. The molecule has 4 nitrogen and oxygen atoms in total. The first-order chi connectivity index (χ1) is 6.94.